The molecule has 5 heteroatoms. The fraction of sp³-hybridized carbons (Fsp3) is 0. The highest BCUT2D eigenvalue weighted by Crippen LogP contribution is 2.44. The maximum Gasteiger partial charge on any atom is 0.235 e. The largest absolute Gasteiger partial charge is 0.317 e. The Morgan fingerprint density at radius 3 is 2.02 bits per heavy atom. The molecule has 0 aliphatic carbocycles. The molecule has 4 heterocycles. The van der Waals surface area contributed by atoms with Crippen LogP contribution >= 0.6 is 11.3 Å². The van der Waals surface area contributed by atoms with Gasteiger partial charge in [-0.3, -0.25) is 4.57 Å². The van der Waals surface area contributed by atoms with Gasteiger partial charge in [0.2, 0.25) is 5.95 Å². The van der Waals surface area contributed by atoms with Gasteiger partial charge in [0, 0.05) is 59.2 Å². The molecular weight excluding hydrogens is 641 g/mol. The van der Waals surface area contributed by atoms with E-state index in [2.05, 4.69) is 179 Å². The molecule has 0 spiro atoms. The van der Waals surface area contributed by atoms with Gasteiger partial charge in [0.05, 0.1) is 27.8 Å². The van der Waals surface area contributed by atoms with Crippen molar-refractivity contribution < 1.29 is 0 Å². The van der Waals surface area contributed by atoms with Crippen LogP contribution in [0.3, 0.4) is 0 Å². The maximum atomic E-state index is 5.47. The van der Waals surface area contributed by atoms with Gasteiger partial charge in [-0.05, 0) is 59.7 Å². The van der Waals surface area contributed by atoms with Crippen molar-refractivity contribution in [1.82, 2.24) is 19.1 Å². The quantitative estimate of drug-likeness (QED) is 0.187. The van der Waals surface area contributed by atoms with Crippen LogP contribution in [-0.2, 0) is 0 Å². The number of thiophene rings is 1. The van der Waals surface area contributed by atoms with Crippen molar-refractivity contribution >= 4 is 75.1 Å². The first kappa shape index (κ1) is 28.3. The maximum absolute atomic E-state index is 5.47. The van der Waals surface area contributed by atoms with Crippen LogP contribution in [0.2, 0.25) is 0 Å². The zero-order valence-corrected chi connectivity index (χ0v) is 28.2. The molecule has 0 aliphatic rings. The lowest BCUT2D eigenvalue weighted by molar-refractivity contribution is 1.02. The zero-order chi connectivity index (χ0) is 33.5. The minimum absolute atomic E-state index is 0.667. The molecule has 0 saturated carbocycles. The van der Waals surface area contributed by atoms with Gasteiger partial charge in [-0.1, -0.05) is 115 Å². The summed E-state index contributed by atoms with van der Waals surface area (Å²) in [5.74, 6) is 0.667. The second kappa shape index (κ2) is 11.0. The third kappa shape index (κ3) is 4.32. The van der Waals surface area contributed by atoms with Crippen molar-refractivity contribution in [3.8, 4) is 34.0 Å². The topological polar surface area (TPSA) is 35.6 Å². The average Bonchev–Trinajstić information content (AvgIpc) is 3.88. The molecule has 238 valence electrons. The van der Waals surface area contributed by atoms with E-state index in [1.165, 1.54) is 53.0 Å². The van der Waals surface area contributed by atoms with Crippen molar-refractivity contribution in [1.29, 1.82) is 0 Å². The second-order valence-electron chi connectivity index (χ2n) is 13.1. The Hall–Kier alpha value is -6.56. The summed E-state index contributed by atoms with van der Waals surface area (Å²) < 4.78 is 7.12. The normalized spacial score (nSPS) is 11.9. The first-order valence-corrected chi connectivity index (χ1v) is 18.0. The summed E-state index contributed by atoms with van der Waals surface area (Å²) in [5, 5.41) is 7.06. The summed E-state index contributed by atoms with van der Waals surface area (Å²) in [5.41, 5.74) is 9.81. The van der Waals surface area contributed by atoms with E-state index in [1.807, 2.05) is 11.3 Å². The van der Waals surface area contributed by atoms with Crippen molar-refractivity contribution in [2.24, 2.45) is 0 Å². The number of para-hydroxylation sites is 2. The number of aromatic nitrogens is 4. The number of fused-ring (bicyclic) bond motifs is 9. The minimum Gasteiger partial charge on any atom is -0.317 e. The lowest BCUT2D eigenvalue weighted by Crippen LogP contribution is -2.03. The standard InChI is InChI=1S/C46H28N4S/c1-3-11-29(12-4-1)30-19-21-31(22-20-30)44-35-15-7-9-17-38(35)47-46(48-44)50-40-27-32-25-26-49(33-13-5-2-6-14-33)39(32)28-37(40)34-23-24-42-43(45(34)50)36-16-8-10-18-41(36)51-42/h1-28H. The molecule has 0 amide bonds. The van der Waals surface area contributed by atoms with Crippen LogP contribution < -0.4 is 0 Å². The van der Waals surface area contributed by atoms with Crippen LogP contribution in [0, 0.1) is 0 Å². The Labute approximate surface area is 297 Å². The highest BCUT2D eigenvalue weighted by atomic mass is 32.1. The van der Waals surface area contributed by atoms with Crippen molar-refractivity contribution in [2.45, 2.75) is 0 Å². The molecule has 0 saturated heterocycles. The van der Waals surface area contributed by atoms with Gasteiger partial charge in [-0.25, -0.2) is 9.97 Å². The molecule has 11 rings (SSSR count). The van der Waals surface area contributed by atoms with E-state index in [1.54, 1.807) is 0 Å². The Morgan fingerprint density at radius 2 is 1.18 bits per heavy atom. The smallest absolute Gasteiger partial charge is 0.235 e. The summed E-state index contributed by atoms with van der Waals surface area (Å²) in [6, 6.07) is 58.4. The molecule has 0 N–H and O–H groups in total. The molecule has 0 unspecified atom stereocenters. The van der Waals surface area contributed by atoms with Gasteiger partial charge >= 0.3 is 0 Å². The van der Waals surface area contributed by atoms with E-state index < -0.39 is 0 Å². The van der Waals surface area contributed by atoms with E-state index in [4.69, 9.17) is 9.97 Å². The minimum atomic E-state index is 0.667. The monoisotopic (exact) mass is 668 g/mol. The predicted octanol–water partition coefficient (Wildman–Crippen LogP) is 12.4. The number of rotatable bonds is 4. The first-order valence-electron chi connectivity index (χ1n) is 17.2. The fourth-order valence-corrected chi connectivity index (χ4v) is 8.91. The third-order valence-corrected chi connectivity index (χ3v) is 11.3. The summed E-state index contributed by atoms with van der Waals surface area (Å²) in [4.78, 5) is 10.8. The van der Waals surface area contributed by atoms with Crippen LogP contribution in [-0.4, -0.2) is 19.1 Å². The molecule has 7 aromatic carbocycles. The van der Waals surface area contributed by atoms with Crippen LogP contribution in [0.1, 0.15) is 0 Å². The molecule has 4 nitrogen and oxygen atoms in total. The first-order chi connectivity index (χ1) is 25.3. The van der Waals surface area contributed by atoms with E-state index in [-0.39, 0.29) is 0 Å². The molecule has 0 fully saturated rings. The number of hydrogen-bond donors (Lipinski definition) is 0. The van der Waals surface area contributed by atoms with Gasteiger partial charge < -0.3 is 4.57 Å². The lowest BCUT2D eigenvalue weighted by atomic mass is 10.0. The molecular formula is C46H28N4S. The van der Waals surface area contributed by atoms with Gasteiger partial charge in [-0.15, -0.1) is 11.3 Å². The summed E-state index contributed by atoms with van der Waals surface area (Å²) in [6.07, 6.45) is 2.17. The second-order valence-corrected chi connectivity index (χ2v) is 14.1. The summed E-state index contributed by atoms with van der Waals surface area (Å²) in [6.45, 7) is 0. The highest BCUT2D eigenvalue weighted by Gasteiger charge is 2.22. The number of nitrogens with zero attached hydrogens (tertiary/aromatic N) is 4. The van der Waals surface area contributed by atoms with Crippen LogP contribution in [0.25, 0.3) is 97.8 Å². The SMILES string of the molecule is c1ccc(-c2ccc(-c3nc(-n4c5cc6ccn(-c7ccccc7)c6cc5c5ccc6sc7ccccc7c6c54)nc4ccccc34)cc2)cc1. The lowest BCUT2D eigenvalue weighted by Gasteiger charge is -2.13. The average molecular weight is 669 g/mol. The van der Waals surface area contributed by atoms with E-state index >= 15 is 0 Å². The molecule has 4 aromatic heterocycles. The number of benzene rings is 7. The van der Waals surface area contributed by atoms with Gasteiger partial charge in [-0.2, -0.15) is 0 Å². The molecule has 0 bridgehead atoms. The molecule has 11 aromatic rings. The van der Waals surface area contributed by atoms with Crippen LogP contribution in [0.4, 0.5) is 0 Å². The zero-order valence-electron chi connectivity index (χ0n) is 27.4. The Balaban J connectivity index is 1.23. The third-order valence-electron chi connectivity index (χ3n) is 10.2. The highest BCUT2D eigenvalue weighted by molar-refractivity contribution is 7.26. The van der Waals surface area contributed by atoms with E-state index in [9.17, 15) is 0 Å². The Morgan fingerprint density at radius 1 is 0.471 bits per heavy atom. The predicted molar refractivity (Wildman–Crippen MR) is 214 cm³/mol. The molecule has 0 aliphatic heterocycles. The summed E-state index contributed by atoms with van der Waals surface area (Å²) in [7, 11) is 0. The number of hydrogen-bond acceptors (Lipinski definition) is 3. The van der Waals surface area contributed by atoms with E-state index in [0.717, 1.165) is 38.9 Å². The fourth-order valence-electron chi connectivity index (χ4n) is 7.80. The van der Waals surface area contributed by atoms with E-state index in [0.29, 0.717) is 5.95 Å². The van der Waals surface area contributed by atoms with Crippen molar-refractivity contribution in [2.75, 3.05) is 0 Å². The van der Waals surface area contributed by atoms with Crippen LogP contribution in [0.15, 0.2) is 170 Å². The van der Waals surface area contributed by atoms with Crippen LogP contribution in [0.5, 0.6) is 0 Å². The molecule has 0 atom stereocenters. The molecule has 51 heavy (non-hydrogen) atoms. The van der Waals surface area contributed by atoms with Gasteiger partial charge in [0.1, 0.15) is 0 Å². The van der Waals surface area contributed by atoms with Gasteiger partial charge in [0.15, 0.2) is 0 Å². The van der Waals surface area contributed by atoms with Crippen molar-refractivity contribution in [3.05, 3.63) is 170 Å². The van der Waals surface area contributed by atoms with Gasteiger partial charge in [0.25, 0.3) is 0 Å². The molecule has 0 radical (unpaired) electrons. The Kier molecular flexibility index (Phi) is 6.09. The van der Waals surface area contributed by atoms with Crippen molar-refractivity contribution in [3.63, 3.8) is 0 Å². The Bertz CT molecular complexity index is 3120. The summed E-state index contributed by atoms with van der Waals surface area (Å²) >= 11 is 1.84.